The summed E-state index contributed by atoms with van der Waals surface area (Å²) < 4.78 is 32.0. The Balaban J connectivity index is 2.51. The fourth-order valence-corrected chi connectivity index (χ4v) is 4.03. The van der Waals surface area contributed by atoms with E-state index in [2.05, 4.69) is 20.7 Å². The highest BCUT2D eigenvalue weighted by Crippen LogP contribution is 2.29. The quantitative estimate of drug-likeness (QED) is 0.598. The van der Waals surface area contributed by atoms with E-state index in [0.717, 1.165) is 22.2 Å². The smallest absolute Gasteiger partial charge is 0.250 e. The average Bonchev–Trinajstić information content (AvgIpc) is 2.60. The molecule has 17 heavy (non-hydrogen) atoms. The Labute approximate surface area is 118 Å². The monoisotopic (exact) mass is 361 g/mol. The lowest BCUT2D eigenvalue weighted by atomic mass is 10.4. The van der Waals surface area contributed by atoms with Crippen molar-refractivity contribution in [3.05, 3.63) is 16.0 Å². The predicted octanol–water partition coefficient (Wildman–Crippen LogP) is 2.40. The number of nitrogens with one attached hydrogen (secondary N) is 1. The summed E-state index contributed by atoms with van der Waals surface area (Å²) in [5.41, 5.74) is 0.771. The number of thiophene rings is 1. The van der Waals surface area contributed by atoms with Gasteiger partial charge >= 0.3 is 0 Å². The number of alkyl halides is 1. The normalized spacial score (nSPS) is 11.9. The van der Waals surface area contributed by atoms with Gasteiger partial charge in [0.1, 0.15) is 4.21 Å². The van der Waals surface area contributed by atoms with Gasteiger partial charge in [-0.25, -0.2) is 13.1 Å². The summed E-state index contributed by atoms with van der Waals surface area (Å²) in [7, 11) is -3.46. The minimum absolute atomic E-state index is 0.237. The van der Waals surface area contributed by atoms with Crippen LogP contribution in [0.5, 0.6) is 0 Å². The number of sulfonamides is 1. The molecule has 0 fully saturated rings. The van der Waals surface area contributed by atoms with Crippen LogP contribution in [0.25, 0.3) is 0 Å². The van der Waals surface area contributed by atoms with Crippen LogP contribution in [0.3, 0.4) is 0 Å². The molecule has 1 heterocycles. The third kappa shape index (κ3) is 4.84. The second-order valence-electron chi connectivity index (χ2n) is 3.22. The summed E-state index contributed by atoms with van der Waals surface area (Å²) in [6, 6.07) is 1.56. The second kappa shape index (κ2) is 7.06. The topological polar surface area (TPSA) is 55.4 Å². The molecule has 0 atom stereocenters. The molecular weight excluding hydrogens is 350 g/mol. The molecule has 0 saturated carbocycles. The second-order valence-corrected chi connectivity index (χ2v) is 7.66. The van der Waals surface area contributed by atoms with Crippen molar-refractivity contribution in [3.63, 3.8) is 0 Å². The van der Waals surface area contributed by atoms with Gasteiger partial charge in [-0.15, -0.1) is 11.3 Å². The molecule has 0 aliphatic heterocycles. The van der Waals surface area contributed by atoms with Gasteiger partial charge in [-0.1, -0.05) is 27.5 Å². The third-order valence-corrected chi connectivity index (χ3v) is 5.67. The highest BCUT2D eigenvalue weighted by atomic mass is 79.9. The molecule has 1 aromatic rings. The van der Waals surface area contributed by atoms with E-state index in [0.29, 0.717) is 17.6 Å². The van der Waals surface area contributed by atoms with E-state index in [1.807, 2.05) is 0 Å². The SMILES string of the molecule is Cc1cc(S(=O)(=O)NCCOCCBr)sc1Cl. The number of ether oxygens (including phenoxy) is 1. The Morgan fingerprint density at radius 1 is 1.53 bits per heavy atom. The van der Waals surface area contributed by atoms with E-state index in [-0.39, 0.29) is 10.8 Å². The molecule has 0 unspecified atom stereocenters. The maximum absolute atomic E-state index is 11.8. The van der Waals surface area contributed by atoms with E-state index in [1.54, 1.807) is 13.0 Å². The zero-order chi connectivity index (χ0) is 12.9. The molecule has 0 saturated heterocycles. The molecule has 1 N–H and O–H groups in total. The van der Waals surface area contributed by atoms with Crippen molar-refractivity contribution in [1.82, 2.24) is 4.72 Å². The predicted molar refractivity (Wildman–Crippen MR) is 73.9 cm³/mol. The lowest BCUT2D eigenvalue weighted by molar-refractivity contribution is 0.156. The maximum Gasteiger partial charge on any atom is 0.250 e. The van der Waals surface area contributed by atoms with Crippen molar-refractivity contribution < 1.29 is 13.2 Å². The molecule has 1 aromatic heterocycles. The minimum Gasteiger partial charge on any atom is -0.379 e. The molecule has 0 spiro atoms. The maximum atomic E-state index is 11.8. The molecule has 0 amide bonds. The molecule has 0 aliphatic rings. The van der Waals surface area contributed by atoms with Gasteiger partial charge in [0, 0.05) is 11.9 Å². The summed E-state index contributed by atoms with van der Waals surface area (Å²) in [6.45, 7) is 2.94. The van der Waals surface area contributed by atoms with E-state index < -0.39 is 10.0 Å². The highest BCUT2D eigenvalue weighted by Gasteiger charge is 2.17. The Morgan fingerprint density at radius 2 is 2.24 bits per heavy atom. The molecule has 8 heteroatoms. The summed E-state index contributed by atoms with van der Waals surface area (Å²) in [6.07, 6.45) is 0. The molecule has 0 radical (unpaired) electrons. The van der Waals surface area contributed by atoms with Crippen LogP contribution in [-0.4, -0.2) is 33.5 Å². The lowest BCUT2D eigenvalue weighted by Gasteiger charge is -2.04. The van der Waals surface area contributed by atoms with Crippen molar-refractivity contribution >= 4 is 48.9 Å². The van der Waals surface area contributed by atoms with Crippen LogP contribution in [0.1, 0.15) is 5.56 Å². The Hall–Kier alpha value is 0.340. The summed E-state index contributed by atoms with van der Waals surface area (Å²) in [4.78, 5) is 0. The zero-order valence-corrected chi connectivity index (χ0v) is 13.2. The summed E-state index contributed by atoms with van der Waals surface area (Å²) in [5.74, 6) is 0. The lowest BCUT2D eigenvalue weighted by Crippen LogP contribution is -2.27. The average molecular weight is 363 g/mol. The summed E-state index contributed by atoms with van der Waals surface area (Å²) in [5, 5.41) is 0.736. The summed E-state index contributed by atoms with van der Waals surface area (Å²) >= 11 is 10.1. The van der Waals surface area contributed by atoms with Gasteiger partial charge in [0.25, 0.3) is 0 Å². The van der Waals surface area contributed by atoms with Crippen LogP contribution >= 0.6 is 38.9 Å². The highest BCUT2D eigenvalue weighted by molar-refractivity contribution is 9.09. The number of halogens is 2. The first-order valence-electron chi connectivity index (χ1n) is 4.86. The van der Waals surface area contributed by atoms with E-state index in [9.17, 15) is 8.42 Å². The van der Waals surface area contributed by atoms with Crippen LogP contribution in [0.2, 0.25) is 4.34 Å². The van der Waals surface area contributed by atoms with Gasteiger partial charge < -0.3 is 4.74 Å². The van der Waals surface area contributed by atoms with Crippen LogP contribution in [0.15, 0.2) is 10.3 Å². The van der Waals surface area contributed by atoms with Crippen molar-refractivity contribution in [3.8, 4) is 0 Å². The first kappa shape index (κ1) is 15.4. The fraction of sp³-hybridized carbons (Fsp3) is 0.556. The zero-order valence-electron chi connectivity index (χ0n) is 9.20. The van der Waals surface area contributed by atoms with Gasteiger partial charge in [0.2, 0.25) is 10.0 Å². The van der Waals surface area contributed by atoms with Crippen LogP contribution in [0.4, 0.5) is 0 Å². The van der Waals surface area contributed by atoms with E-state index in [4.69, 9.17) is 16.3 Å². The van der Waals surface area contributed by atoms with Crippen LogP contribution < -0.4 is 4.72 Å². The minimum atomic E-state index is -3.46. The van der Waals surface area contributed by atoms with Gasteiger partial charge in [0.05, 0.1) is 17.6 Å². The largest absolute Gasteiger partial charge is 0.379 e. The Kier molecular flexibility index (Phi) is 6.39. The molecule has 0 bridgehead atoms. The van der Waals surface area contributed by atoms with E-state index in [1.165, 1.54) is 0 Å². The van der Waals surface area contributed by atoms with Crippen molar-refractivity contribution in [2.24, 2.45) is 0 Å². The molecule has 0 aliphatic carbocycles. The van der Waals surface area contributed by atoms with Crippen molar-refractivity contribution in [2.75, 3.05) is 25.1 Å². The number of rotatable bonds is 7. The molecular formula is C9H13BrClNO3S2. The molecule has 0 aromatic carbocycles. The number of hydrogen-bond donors (Lipinski definition) is 1. The Bertz CT molecular complexity index is 441. The number of aryl methyl sites for hydroxylation is 1. The van der Waals surface area contributed by atoms with Crippen LogP contribution in [0, 0.1) is 6.92 Å². The molecule has 98 valence electrons. The van der Waals surface area contributed by atoms with Gasteiger partial charge in [-0.2, -0.15) is 0 Å². The fourth-order valence-electron chi connectivity index (χ4n) is 1.04. The standard InChI is InChI=1S/C9H13BrClNO3S2/c1-7-6-8(16-9(7)11)17(13,14)12-3-5-15-4-2-10/h6,12H,2-5H2,1H3. The van der Waals surface area contributed by atoms with Crippen molar-refractivity contribution in [1.29, 1.82) is 0 Å². The van der Waals surface area contributed by atoms with Crippen molar-refractivity contribution in [2.45, 2.75) is 11.1 Å². The number of hydrogen-bond acceptors (Lipinski definition) is 4. The van der Waals surface area contributed by atoms with Crippen LogP contribution in [-0.2, 0) is 14.8 Å². The van der Waals surface area contributed by atoms with Gasteiger partial charge in [-0.05, 0) is 18.6 Å². The van der Waals surface area contributed by atoms with Gasteiger partial charge in [0.15, 0.2) is 0 Å². The third-order valence-electron chi connectivity index (χ3n) is 1.86. The first-order valence-corrected chi connectivity index (χ1v) is 8.66. The molecule has 1 rings (SSSR count). The Morgan fingerprint density at radius 3 is 2.76 bits per heavy atom. The van der Waals surface area contributed by atoms with E-state index >= 15 is 0 Å². The van der Waals surface area contributed by atoms with Gasteiger partial charge in [-0.3, -0.25) is 0 Å². The first-order chi connectivity index (χ1) is 7.97. The molecule has 4 nitrogen and oxygen atoms in total.